The monoisotopic (exact) mass is 560 g/mol. The molecule has 2 saturated heterocycles. The smallest absolute Gasteiger partial charge is 0.304 e. The first-order valence-electron chi connectivity index (χ1n) is 13.7. The van der Waals surface area contributed by atoms with Gasteiger partial charge in [0.05, 0.1) is 59.8 Å². The summed E-state index contributed by atoms with van der Waals surface area (Å²) in [6, 6.07) is 1.78. The summed E-state index contributed by atoms with van der Waals surface area (Å²) in [6.45, 7) is 6.23. The molecule has 2 aliphatic heterocycles. The van der Waals surface area contributed by atoms with Crippen molar-refractivity contribution in [3.8, 4) is 0 Å². The summed E-state index contributed by atoms with van der Waals surface area (Å²) in [7, 11) is 0. The summed E-state index contributed by atoms with van der Waals surface area (Å²) in [5.41, 5.74) is -5.98. The van der Waals surface area contributed by atoms with E-state index in [1.807, 2.05) is 0 Å². The number of ketones is 1. The minimum Gasteiger partial charge on any atom is -0.472 e. The number of carbonyl (C=O) groups is 3. The zero-order valence-corrected chi connectivity index (χ0v) is 23.2. The Bertz CT molecular complexity index is 1280. The Balaban J connectivity index is 1.63. The minimum atomic E-state index is -1.87. The van der Waals surface area contributed by atoms with Gasteiger partial charge in [0.15, 0.2) is 11.9 Å². The van der Waals surface area contributed by atoms with E-state index in [0.29, 0.717) is 12.0 Å². The van der Waals surface area contributed by atoms with Crippen LogP contribution in [0.4, 0.5) is 0 Å². The van der Waals surface area contributed by atoms with Crippen LogP contribution in [0.3, 0.4) is 0 Å². The number of furan rings is 1. The molecule has 11 heteroatoms. The summed E-state index contributed by atoms with van der Waals surface area (Å²) in [5, 5.41) is 34.7. The average Bonchev–Trinajstić information content (AvgIpc) is 3.22. The molecule has 3 N–H and O–H groups in total. The Morgan fingerprint density at radius 2 is 1.73 bits per heavy atom. The number of ether oxygens (including phenoxy) is 4. The van der Waals surface area contributed by atoms with E-state index >= 15 is 4.79 Å². The molecule has 1 aromatic rings. The van der Waals surface area contributed by atoms with Crippen LogP contribution in [0, 0.1) is 22.2 Å². The number of rotatable bonds is 5. The van der Waals surface area contributed by atoms with Crippen LogP contribution in [0.15, 0.2) is 34.7 Å². The molecule has 1 spiro atoms. The second-order valence-corrected chi connectivity index (χ2v) is 12.6. The van der Waals surface area contributed by atoms with Gasteiger partial charge in [0, 0.05) is 32.1 Å². The maximum atomic E-state index is 15.1. The summed E-state index contributed by atoms with van der Waals surface area (Å²) < 4.78 is 29.2. The van der Waals surface area contributed by atoms with Crippen molar-refractivity contribution in [2.75, 3.05) is 13.2 Å². The van der Waals surface area contributed by atoms with Crippen LogP contribution >= 0.6 is 0 Å². The molecule has 0 radical (unpaired) electrons. The molecule has 0 amide bonds. The number of hydrogen-bond donors (Lipinski definition) is 3. The predicted octanol–water partition coefficient (Wildman–Crippen LogP) is 1.39. The number of carbonyl (C=O) groups excluding carboxylic acids is 3. The molecule has 218 valence electrons. The van der Waals surface area contributed by atoms with Crippen LogP contribution in [0.5, 0.6) is 0 Å². The van der Waals surface area contributed by atoms with E-state index in [-0.39, 0.29) is 12.3 Å². The lowest BCUT2D eigenvalue weighted by Gasteiger charge is -2.68. The van der Waals surface area contributed by atoms with Crippen molar-refractivity contribution in [2.45, 2.75) is 89.2 Å². The van der Waals surface area contributed by atoms with Crippen LogP contribution < -0.4 is 0 Å². The quantitative estimate of drug-likeness (QED) is 0.271. The molecule has 0 aromatic carbocycles. The highest BCUT2D eigenvalue weighted by atomic mass is 16.7. The highest BCUT2D eigenvalue weighted by molar-refractivity contribution is 5.96. The van der Waals surface area contributed by atoms with Crippen LogP contribution in [0.2, 0.25) is 0 Å². The van der Waals surface area contributed by atoms with E-state index in [2.05, 4.69) is 0 Å². The lowest BCUT2D eigenvalue weighted by molar-refractivity contribution is -0.275. The van der Waals surface area contributed by atoms with Crippen molar-refractivity contribution in [1.82, 2.24) is 0 Å². The standard InChI is InChI=1S/C29H36O11/c1-14(32)37-22-10-19-18(25(3,4)40-22)8-20(34)28(13-31)27(19,12-30)23(35)24(38-15(2)33)26(5)17(16-6-7-36-11-16)9-21-29(26,28)39-21/h6-8,11,17,19-22,24,30-31,34H,9-10,12-13H2,1-5H3. The molecule has 3 heterocycles. The van der Waals surface area contributed by atoms with E-state index < -0.39 is 88.9 Å². The molecule has 1 aromatic heterocycles. The van der Waals surface area contributed by atoms with E-state index in [1.165, 1.54) is 20.1 Å². The van der Waals surface area contributed by atoms with Crippen molar-refractivity contribution >= 4 is 17.7 Å². The number of aliphatic hydroxyl groups excluding tert-OH is 3. The summed E-state index contributed by atoms with van der Waals surface area (Å²) >= 11 is 0. The first-order valence-corrected chi connectivity index (χ1v) is 13.7. The molecule has 4 fully saturated rings. The van der Waals surface area contributed by atoms with E-state index in [4.69, 9.17) is 23.4 Å². The van der Waals surface area contributed by atoms with Crippen LogP contribution in [-0.2, 0) is 33.3 Å². The van der Waals surface area contributed by atoms with Gasteiger partial charge in [-0.25, -0.2) is 0 Å². The Morgan fingerprint density at radius 1 is 1.02 bits per heavy atom. The molecule has 11 nitrogen and oxygen atoms in total. The molecule has 0 bridgehead atoms. The molecule has 40 heavy (non-hydrogen) atoms. The Labute approximate surface area is 231 Å². The van der Waals surface area contributed by atoms with Gasteiger partial charge >= 0.3 is 11.9 Å². The molecule has 3 aliphatic carbocycles. The minimum absolute atomic E-state index is 0.0228. The molecular weight excluding hydrogens is 524 g/mol. The highest BCUT2D eigenvalue weighted by Gasteiger charge is 2.94. The second kappa shape index (κ2) is 8.48. The van der Waals surface area contributed by atoms with Crippen molar-refractivity contribution < 1.29 is 53.1 Å². The second-order valence-electron chi connectivity index (χ2n) is 12.6. The SMILES string of the molecule is CC(=O)OC1CC2C(=CC(O)C3(CO)C2(CO)C(=O)C(OC(C)=O)C2(C)C(c4ccoc4)CC4OC423)C(C)(C)O1. The van der Waals surface area contributed by atoms with Crippen molar-refractivity contribution in [1.29, 1.82) is 0 Å². The third kappa shape index (κ3) is 2.94. The van der Waals surface area contributed by atoms with Gasteiger partial charge < -0.3 is 38.7 Å². The maximum Gasteiger partial charge on any atom is 0.304 e. The van der Waals surface area contributed by atoms with Gasteiger partial charge in [-0.2, -0.15) is 0 Å². The van der Waals surface area contributed by atoms with Crippen molar-refractivity contribution in [2.24, 2.45) is 22.2 Å². The van der Waals surface area contributed by atoms with Crippen LogP contribution in [-0.4, -0.2) is 82.1 Å². The molecule has 10 atom stereocenters. The first kappa shape index (κ1) is 27.6. The van der Waals surface area contributed by atoms with E-state index in [9.17, 15) is 24.9 Å². The third-order valence-electron chi connectivity index (χ3n) is 10.8. The topological polar surface area (TPSA) is 165 Å². The van der Waals surface area contributed by atoms with Gasteiger partial charge in [0.2, 0.25) is 6.29 Å². The van der Waals surface area contributed by atoms with Crippen LogP contribution in [0.1, 0.15) is 58.9 Å². The van der Waals surface area contributed by atoms with E-state index in [0.717, 1.165) is 5.56 Å². The zero-order chi connectivity index (χ0) is 29.0. The fourth-order valence-electron chi connectivity index (χ4n) is 9.39. The van der Waals surface area contributed by atoms with Crippen molar-refractivity contribution in [3.05, 3.63) is 35.8 Å². The number of aliphatic hydroxyl groups is 3. The average molecular weight is 561 g/mol. The third-order valence-corrected chi connectivity index (χ3v) is 10.8. The maximum absolute atomic E-state index is 15.1. The molecule has 5 aliphatic rings. The lowest BCUT2D eigenvalue weighted by Crippen LogP contribution is -2.81. The fraction of sp³-hybridized carbons (Fsp3) is 0.690. The fourth-order valence-corrected chi connectivity index (χ4v) is 9.39. The van der Waals surface area contributed by atoms with Gasteiger partial charge in [0.25, 0.3) is 0 Å². The summed E-state index contributed by atoms with van der Waals surface area (Å²) in [5.74, 6) is -3.12. The van der Waals surface area contributed by atoms with Crippen LogP contribution in [0.25, 0.3) is 0 Å². The van der Waals surface area contributed by atoms with Gasteiger partial charge in [-0.15, -0.1) is 0 Å². The van der Waals surface area contributed by atoms with Gasteiger partial charge in [0.1, 0.15) is 5.60 Å². The number of fused-ring (bicyclic) bond motifs is 3. The predicted molar refractivity (Wildman–Crippen MR) is 134 cm³/mol. The molecular formula is C29H36O11. The van der Waals surface area contributed by atoms with Crippen molar-refractivity contribution in [3.63, 3.8) is 0 Å². The summed E-state index contributed by atoms with van der Waals surface area (Å²) in [6.07, 6.45) is 0.698. The number of epoxide rings is 1. The normalized spacial score (nSPS) is 46.3. The lowest BCUT2D eigenvalue weighted by atomic mass is 9.35. The number of Topliss-reactive ketones (excluding diaryl/α,β-unsaturated/α-hetero) is 1. The summed E-state index contributed by atoms with van der Waals surface area (Å²) in [4.78, 5) is 39.5. The first-order chi connectivity index (χ1) is 18.8. The van der Waals surface area contributed by atoms with Gasteiger partial charge in [-0.3, -0.25) is 14.4 Å². The molecule has 6 rings (SSSR count). The molecule has 2 saturated carbocycles. The Morgan fingerprint density at radius 3 is 2.30 bits per heavy atom. The van der Waals surface area contributed by atoms with E-state index in [1.54, 1.807) is 39.2 Å². The zero-order valence-electron chi connectivity index (χ0n) is 23.2. The number of hydrogen-bond acceptors (Lipinski definition) is 11. The number of esters is 2. The largest absolute Gasteiger partial charge is 0.472 e. The molecule has 10 unspecified atom stereocenters. The Kier molecular flexibility index (Phi) is 5.85. The highest BCUT2D eigenvalue weighted by Crippen LogP contribution is 2.82. The van der Waals surface area contributed by atoms with Gasteiger partial charge in [-0.1, -0.05) is 13.0 Å². The Hall–Kier alpha value is -2.57. The van der Waals surface area contributed by atoms with Gasteiger partial charge in [-0.05, 0) is 37.5 Å².